The summed E-state index contributed by atoms with van der Waals surface area (Å²) in [4.78, 5) is 1.29. The van der Waals surface area contributed by atoms with Gasteiger partial charge in [0, 0.05) is 9.79 Å². The zero-order valence-electron chi connectivity index (χ0n) is 7.43. The van der Waals surface area contributed by atoms with Crippen LogP contribution < -0.4 is 0 Å². The van der Waals surface area contributed by atoms with Gasteiger partial charge in [-0.25, -0.2) is 4.39 Å². The van der Waals surface area contributed by atoms with Crippen LogP contribution in [0.15, 0.2) is 14.7 Å². The molecule has 0 atom stereocenters. The molecule has 0 spiro atoms. The topological polar surface area (TPSA) is 0 Å². The molecule has 0 bridgehead atoms. The zero-order chi connectivity index (χ0) is 10.2. The van der Waals surface area contributed by atoms with E-state index < -0.39 is 0 Å². The maximum Gasteiger partial charge on any atom is 0.151 e. The Morgan fingerprint density at radius 3 is 2.08 bits per heavy atom. The van der Waals surface area contributed by atoms with E-state index in [1.807, 2.05) is 13.8 Å². The van der Waals surface area contributed by atoms with Gasteiger partial charge in [0.05, 0.1) is 4.90 Å². The van der Waals surface area contributed by atoms with Crippen LogP contribution in [0.2, 0.25) is 0 Å². The summed E-state index contributed by atoms with van der Waals surface area (Å²) < 4.78 is 13.4. The molecule has 0 aliphatic heterocycles. The van der Waals surface area contributed by atoms with Crippen molar-refractivity contribution in [1.82, 2.24) is 0 Å². The molecule has 0 aromatic heterocycles. The van der Waals surface area contributed by atoms with Crippen molar-refractivity contribution >= 4 is 37.9 Å². The lowest BCUT2D eigenvalue weighted by Crippen LogP contribution is -1.96. The monoisotopic (exact) mass is 234 g/mol. The Balaban J connectivity index is 3.56. The van der Waals surface area contributed by atoms with Crippen molar-refractivity contribution in [1.29, 1.82) is 0 Å². The Morgan fingerprint density at radius 1 is 1.08 bits per heavy atom. The van der Waals surface area contributed by atoms with Crippen LogP contribution in [-0.2, 0) is 6.42 Å². The van der Waals surface area contributed by atoms with E-state index in [9.17, 15) is 4.39 Å². The Labute approximate surface area is 94.2 Å². The van der Waals surface area contributed by atoms with E-state index in [0.29, 0.717) is 9.79 Å². The van der Waals surface area contributed by atoms with Gasteiger partial charge in [0.25, 0.3) is 0 Å². The van der Waals surface area contributed by atoms with Crippen LogP contribution in [-0.4, -0.2) is 0 Å². The molecule has 0 heterocycles. The van der Waals surface area contributed by atoms with Crippen LogP contribution in [0.4, 0.5) is 4.39 Å². The maximum absolute atomic E-state index is 13.4. The molecule has 0 unspecified atom stereocenters. The Morgan fingerprint density at radius 2 is 1.62 bits per heavy atom. The molecule has 0 N–H and O–H groups in total. The summed E-state index contributed by atoms with van der Waals surface area (Å²) >= 11 is 12.4. The van der Waals surface area contributed by atoms with Crippen LogP contribution in [0, 0.1) is 12.7 Å². The van der Waals surface area contributed by atoms with Gasteiger partial charge >= 0.3 is 0 Å². The normalized spacial score (nSPS) is 10.6. The lowest BCUT2D eigenvalue weighted by Gasteiger charge is -2.13. The molecule has 0 saturated heterocycles. The summed E-state index contributed by atoms with van der Waals surface area (Å²) in [5, 5.41) is 0. The first-order valence-electron chi connectivity index (χ1n) is 3.92. The summed E-state index contributed by atoms with van der Waals surface area (Å²) in [7, 11) is 0. The third-order valence-electron chi connectivity index (χ3n) is 2.09. The van der Waals surface area contributed by atoms with E-state index in [1.54, 1.807) is 0 Å². The fourth-order valence-electron chi connectivity index (χ4n) is 1.28. The minimum Gasteiger partial charge on any atom is -0.204 e. The molecule has 1 aromatic rings. The van der Waals surface area contributed by atoms with Crippen LogP contribution in [0.3, 0.4) is 0 Å². The van der Waals surface area contributed by atoms with Crippen molar-refractivity contribution < 1.29 is 4.39 Å². The van der Waals surface area contributed by atoms with Crippen molar-refractivity contribution in [3.05, 3.63) is 16.9 Å². The lowest BCUT2D eigenvalue weighted by molar-refractivity contribution is 0.563. The van der Waals surface area contributed by atoms with Crippen LogP contribution >= 0.6 is 37.9 Å². The van der Waals surface area contributed by atoms with Crippen molar-refractivity contribution in [2.24, 2.45) is 0 Å². The molecule has 0 nitrogen and oxygen atoms in total. The van der Waals surface area contributed by atoms with Crippen LogP contribution in [0.5, 0.6) is 0 Å². The van der Waals surface area contributed by atoms with Crippen molar-refractivity contribution in [2.45, 2.75) is 35.0 Å². The van der Waals surface area contributed by atoms with E-state index in [4.69, 9.17) is 0 Å². The van der Waals surface area contributed by atoms with Crippen molar-refractivity contribution in [3.8, 4) is 0 Å². The van der Waals surface area contributed by atoms with Gasteiger partial charge in [-0.15, -0.1) is 37.9 Å². The number of hydrogen-bond donors (Lipinski definition) is 3. The molecule has 0 aliphatic carbocycles. The number of thiol groups is 3. The van der Waals surface area contributed by atoms with E-state index in [0.717, 1.165) is 17.5 Å². The largest absolute Gasteiger partial charge is 0.204 e. The first-order chi connectivity index (χ1) is 6.00. The smallest absolute Gasteiger partial charge is 0.151 e. The number of hydrogen-bond acceptors (Lipinski definition) is 3. The van der Waals surface area contributed by atoms with Crippen LogP contribution in [0.1, 0.15) is 18.1 Å². The minimum atomic E-state index is -0.383. The highest BCUT2D eigenvalue weighted by atomic mass is 32.1. The van der Waals surface area contributed by atoms with Gasteiger partial charge in [-0.2, -0.15) is 0 Å². The molecule has 4 heteroatoms. The molecule has 0 radical (unpaired) electrons. The second-order valence-electron chi connectivity index (χ2n) is 2.82. The van der Waals surface area contributed by atoms with Gasteiger partial charge < -0.3 is 0 Å². The zero-order valence-corrected chi connectivity index (χ0v) is 10.1. The van der Waals surface area contributed by atoms with E-state index >= 15 is 0 Å². The van der Waals surface area contributed by atoms with Gasteiger partial charge in [-0.05, 0) is 24.5 Å². The van der Waals surface area contributed by atoms with Gasteiger partial charge in [0.2, 0.25) is 0 Å². The lowest BCUT2D eigenvalue weighted by atomic mass is 10.1. The van der Waals surface area contributed by atoms with Crippen molar-refractivity contribution in [3.63, 3.8) is 0 Å². The minimum absolute atomic E-state index is 0.288. The van der Waals surface area contributed by atoms with Gasteiger partial charge in [-0.3, -0.25) is 0 Å². The van der Waals surface area contributed by atoms with Gasteiger partial charge in [0.1, 0.15) is 0 Å². The summed E-state index contributed by atoms with van der Waals surface area (Å²) in [6.07, 6.45) is 0.812. The second-order valence-corrected chi connectivity index (χ2v) is 4.16. The average Bonchev–Trinajstić information content (AvgIpc) is 2.13. The summed E-state index contributed by atoms with van der Waals surface area (Å²) in [6, 6.07) is 0. The molecule has 0 aliphatic rings. The van der Waals surface area contributed by atoms with E-state index in [2.05, 4.69) is 37.9 Å². The quantitative estimate of drug-likeness (QED) is 0.608. The Kier molecular flexibility index (Phi) is 3.60. The Bertz CT molecular complexity index is 318. The third kappa shape index (κ3) is 1.85. The molecule has 1 rings (SSSR count). The molecule has 1 aromatic carbocycles. The fourth-order valence-corrected chi connectivity index (χ4v) is 2.28. The van der Waals surface area contributed by atoms with Gasteiger partial charge in [0.15, 0.2) is 5.82 Å². The maximum atomic E-state index is 13.4. The summed E-state index contributed by atoms with van der Waals surface area (Å²) in [5.74, 6) is -0.383. The molecule has 72 valence electrons. The molecular formula is C9H11FS3. The highest BCUT2D eigenvalue weighted by Crippen LogP contribution is 2.33. The van der Waals surface area contributed by atoms with Gasteiger partial charge in [-0.1, -0.05) is 6.92 Å². The fraction of sp³-hybridized carbons (Fsp3) is 0.333. The number of halogens is 1. The molecule has 0 saturated carbocycles. The molecular weight excluding hydrogens is 223 g/mol. The summed E-state index contributed by atoms with van der Waals surface area (Å²) in [6.45, 7) is 3.84. The standard InChI is InChI=1S/C9H11FS3/c1-3-5-4(2)7(11)6(10)9(13)8(5)12/h11-13H,3H2,1-2H3. The highest BCUT2D eigenvalue weighted by Gasteiger charge is 2.14. The average molecular weight is 234 g/mol. The predicted molar refractivity (Wildman–Crippen MR) is 62.3 cm³/mol. The molecule has 0 fully saturated rings. The molecule has 13 heavy (non-hydrogen) atoms. The molecule has 0 amide bonds. The second kappa shape index (κ2) is 4.15. The number of benzene rings is 1. The number of rotatable bonds is 1. The van der Waals surface area contributed by atoms with E-state index in [1.165, 1.54) is 0 Å². The summed E-state index contributed by atoms with van der Waals surface area (Å²) in [5.41, 5.74) is 1.87. The predicted octanol–water partition coefficient (Wildman–Crippen LogP) is 3.56. The van der Waals surface area contributed by atoms with Crippen LogP contribution in [0.25, 0.3) is 0 Å². The first-order valence-corrected chi connectivity index (χ1v) is 5.26. The van der Waals surface area contributed by atoms with E-state index in [-0.39, 0.29) is 10.7 Å². The highest BCUT2D eigenvalue weighted by molar-refractivity contribution is 7.83. The Hall–Kier alpha value is 0.200. The first kappa shape index (κ1) is 11.3. The third-order valence-corrected chi connectivity index (χ3v) is 3.71. The van der Waals surface area contributed by atoms with Crippen molar-refractivity contribution in [2.75, 3.05) is 0 Å². The SMILES string of the molecule is CCc1c(C)c(S)c(F)c(S)c1S.